The van der Waals surface area contributed by atoms with Gasteiger partial charge < -0.3 is 9.84 Å². The molecule has 1 aliphatic heterocycles. The molecular weight excluding hydrogens is 233 g/mol. The van der Waals surface area contributed by atoms with E-state index in [9.17, 15) is 4.39 Å². The van der Waals surface area contributed by atoms with E-state index < -0.39 is 0 Å². The summed E-state index contributed by atoms with van der Waals surface area (Å²) in [5.74, 6) is -0.198. The Labute approximate surface area is 107 Å². The SMILES string of the molecule is CC(CO)c1ccc(CN2CCOCC2)c(F)c1. The summed E-state index contributed by atoms with van der Waals surface area (Å²) < 4.78 is 19.2. The summed E-state index contributed by atoms with van der Waals surface area (Å²) in [6.45, 7) is 5.71. The van der Waals surface area contributed by atoms with E-state index in [-0.39, 0.29) is 18.3 Å². The molecule has 1 heterocycles. The Balaban J connectivity index is 2.04. The molecule has 100 valence electrons. The normalized spacial score (nSPS) is 18.8. The number of ether oxygens (including phenoxy) is 1. The topological polar surface area (TPSA) is 32.7 Å². The zero-order valence-corrected chi connectivity index (χ0v) is 10.7. The fourth-order valence-electron chi connectivity index (χ4n) is 2.10. The minimum Gasteiger partial charge on any atom is -0.396 e. The molecule has 2 rings (SSSR count). The number of rotatable bonds is 4. The Morgan fingerprint density at radius 3 is 2.72 bits per heavy atom. The van der Waals surface area contributed by atoms with Crippen LogP contribution in [0.4, 0.5) is 4.39 Å². The van der Waals surface area contributed by atoms with E-state index in [0.29, 0.717) is 12.1 Å². The van der Waals surface area contributed by atoms with E-state index in [2.05, 4.69) is 4.90 Å². The predicted molar refractivity (Wildman–Crippen MR) is 68.0 cm³/mol. The van der Waals surface area contributed by atoms with Gasteiger partial charge in [-0.25, -0.2) is 4.39 Å². The van der Waals surface area contributed by atoms with Crippen LogP contribution in [0.1, 0.15) is 24.0 Å². The molecule has 0 radical (unpaired) electrons. The van der Waals surface area contributed by atoms with Crippen LogP contribution in [-0.4, -0.2) is 42.9 Å². The number of aliphatic hydroxyl groups excluding tert-OH is 1. The van der Waals surface area contributed by atoms with Gasteiger partial charge in [0.05, 0.1) is 13.2 Å². The summed E-state index contributed by atoms with van der Waals surface area (Å²) in [7, 11) is 0. The molecule has 1 aromatic rings. The number of morpholine rings is 1. The second kappa shape index (κ2) is 6.27. The highest BCUT2D eigenvalue weighted by atomic mass is 19.1. The van der Waals surface area contributed by atoms with Crippen molar-refractivity contribution in [2.75, 3.05) is 32.9 Å². The highest BCUT2D eigenvalue weighted by molar-refractivity contribution is 5.26. The van der Waals surface area contributed by atoms with Crippen LogP contribution in [0.2, 0.25) is 0 Å². The third kappa shape index (κ3) is 3.28. The Bertz CT molecular complexity index is 391. The fourth-order valence-corrected chi connectivity index (χ4v) is 2.10. The van der Waals surface area contributed by atoms with Crippen LogP contribution in [0.15, 0.2) is 18.2 Å². The van der Waals surface area contributed by atoms with Crippen LogP contribution >= 0.6 is 0 Å². The lowest BCUT2D eigenvalue weighted by Crippen LogP contribution is -2.35. The molecular formula is C14H20FNO2. The molecule has 1 fully saturated rings. The second-order valence-electron chi connectivity index (χ2n) is 4.82. The van der Waals surface area contributed by atoms with Crippen molar-refractivity contribution < 1.29 is 14.2 Å². The van der Waals surface area contributed by atoms with E-state index in [1.807, 2.05) is 19.1 Å². The van der Waals surface area contributed by atoms with E-state index in [4.69, 9.17) is 9.84 Å². The van der Waals surface area contributed by atoms with E-state index >= 15 is 0 Å². The van der Waals surface area contributed by atoms with Crippen molar-refractivity contribution in [2.45, 2.75) is 19.4 Å². The first-order valence-electron chi connectivity index (χ1n) is 6.40. The maximum absolute atomic E-state index is 14.0. The second-order valence-corrected chi connectivity index (χ2v) is 4.82. The van der Waals surface area contributed by atoms with Crippen molar-refractivity contribution in [1.29, 1.82) is 0 Å². The van der Waals surface area contributed by atoms with Crippen LogP contribution < -0.4 is 0 Å². The lowest BCUT2D eigenvalue weighted by molar-refractivity contribution is 0.0337. The lowest BCUT2D eigenvalue weighted by Gasteiger charge is -2.26. The monoisotopic (exact) mass is 253 g/mol. The van der Waals surface area contributed by atoms with Gasteiger partial charge in [-0.3, -0.25) is 4.90 Å². The van der Waals surface area contributed by atoms with E-state index in [1.54, 1.807) is 0 Å². The lowest BCUT2D eigenvalue weighted by atomic mass is 10.00. The average Bonchev–Trinajstić information content (AvgIpc) is 2.41. The number of aliphatic hydroxyl groups is 1. The Morgan fingerprint density at radius 2 is 2.11 bits per heavy atom. The number of nitrogens with zero attached hydrogens (tertiary/aromatic N) is 1. The Kier molecular flexibility index (Phi) is 4.69. The molecule has 1 unspecified atom stereocenters. The van der Waals surface area contributed by atoms with Gasteiger partial charge in [-0.05, 0) is 11.6 Å². The number of hydrogen-bond acceptors (Lipinski definition) is 3. The molecule has 4 heteroatoms. The summed E-state index contributed by atoms with van der Waals surface area (Å²) in [5, 5.41) is 9.06. The molecule has 1 aliphatic rings. The van der Waals surface area contributed by atoms with Crippen LogP contribution in [0.3, 0.4) is 0 Å². The molecule has 0 spiro atoms. The summed E-state index contributed by atoms with van der Waals surface area (Å²) in [6.07, 6.45) is 0. The molecule has 3 nitrogen and oxygen atoms in total. The van der Waals surface area contributed by atoms with Gasteiger partial charge in [-0.2, -0.15) is 0 Å². The molecule has 0 aliphatic carbocycles. The van der Waals surface area contributed by atoms with Crippen LogP contribution in [0.25, 0.3) is 0 Å². The molecule has 18 heavy (non-hydrogen) atoms. The summed E-state index contributed by atoms with van der Waals surface area (Å²) in [4.78, 5) is 2.19. The molecule has 0 aromatic heterocycles. The zero-order chi connectivity index (χ0) is 13.0. The summed E-state index contributed by atoms with van der Waals surface area (Å²) in [5.41, 5.74) is 1.56. The molecule has 1 saturated heterocycles. The van der Waals surface area contributed by atoms with Crippen molar-refractivity contribution in [2.24, 2.45) is 0 Å². The van der Waals surface area contributed by atoms with Gasteiger partial charge in [0.15, 0.2) is 0 Å². The van der Waals surface area contributed by atoms with E-state index in [0.717, 1.165) is 31.9 Å². The largest absolute Gasteiger partial charge is 0.396 e. The molecule has 0 saturated carbocycles. The molecule has 1 N–H and O–H groups in total. The minimum atomic E-state index is -0.181. The fraction of sp³-hybridized carbons (Fsp3) is 0.571. The van der Waals surface area contributed by atoms with Crippen LogP contribution in [0.5, 0.6) is 0 Å². The first-order valence-corrected chi connectivity index (χ1v) is 6.40. The van der Waals surface area contributed by atoms with Gasteiger partial charge in [0.1, 0.15) is 5.82 Å². The van der Waals surface area contributed by atoms with Crippen molar-refractivity contribution >= 4 is 0 Å². The van der Waals surface area contributed by atoms with Gasteiger partial charge in [0.25, 0.3) is 0 Å². The molecule has 1 aromatic carbocycles. The molecule has 0 amide bonds. The highest BCUT2D eigenvalue weighted by Crippen LogP contribution is 2.19. The number of hydrogen-bond donors (Lipinski definition) is 1. The standard InChI is InChI=1S/C14H20FNO2/c1-11(10-17)12-2-3-13(14(15)8-12)9-16-4-6-18-7-5-16/h2-3,8,11,17H,4-7,9-10H2,1H3. The third-order valence-corrected chi connectivity index (χ3v) is 3.42. The van der Waals surface area contributed by atoms with E-state index in [1.165, 1.54) is 6.07 Å². The first kappa shape index (κ1) is 13.5. The maximum atomic E-state index is 14.0. The summed E-state index contributed by atoms with van der Waals surface area (Å²) >= 11 is 0. The Morgan fingerprint density at radius 1 is 1.39 bits per heavy atom. The minimum absolute atomic E-state index is 0.0167. The van der Waals surface area contributed by atoms with Crippen LogP contribution in [-0.2, 0) is 11.3 Å². The first-order chi connectivity index (χ1) is 8.70. The number of benzene rings is 1. The maximum Gasteiger partial charge on any atom is 0.127 e. The van der Waals surface area contributed by atoms with Gasteiger partial charge >= 0.3 is 0 Å². The van der Waals surface area contributed by atoms with Gasteiger partial charge in [-0.1, -0.05) is 19.1 Å². The summed E-state index contributed by atoms with van der Waals surface area (Å²) in [6, 6.07) is 5.27. The van der Waals surface area contributed by atoms with Crippen LogP contribution in [0, 0.1) is 5.82 Å². The predicted octanol–water partition coefficient (Wildman–Crippen LogP) is 1.75. The number of halogens is 1. The average molecular weight is 253 g/mol. The van der Waals surface area contributed by atoms with Crippen molar-refractivity contribution in [1.82, 2.24) is 4.90 Å². The van der Waals surface area contributed by atoms with Crippen molar-refractivity contribution in [3.8, 4) is 0 Å². The smallest absolute Gasteiger partial charge is 0.127 e. The highest BCUT2D eigenvalue weighted by Gasteiger charge is 2.14. The molecule has 0 bridgehead atoms. The van der Waals surface area contributed by atoms with Gasteiger partial charge in [0, 0.05) is 37.7 Å². The quantitative estimate of drug-likeness (QED) is 0.887. The Hall–Kier alpha value is -0.970. The third-order valence-electron chi connectivity index (χ3n) is 3.42. The molecule has 1 atom stereocenters. The van der Waals surface area contributed by atoms with Gasteiger partial charge in [0.2, 0.25) is 0 Å². The zero-order valence-electron chi connectivity index (χ0n) is 10.7. The van der Waals surface area contributed by atoms with Gasteiger partial charge in [-0.15, -0.1) is 0 Å². The van der Waals surface area contributed by atoms with Crippen molar-refractivity contribution in [3.05, 3.63) is 35.1 Å². The van der Waals surface area contributed by atoms with Crippen molar-refractivity contribution in [3.63, 3.8) is 0 Å².